The average molecular weight is 795 g/mol. The number of amides is 5. The molecule has 4 atom stereocenters. The molecule has 0 radical (unpaired) electrons. The van der Waals surface area contributed by atoms with E-state index in [1.807, 2.05) is 46.4 Å². The van der Waals surface area contributed by atoms with Gasteiger partial charge in [-0.1, -0.05) is 52.9 Å². The predicted octanol–water partition coefficient (Wildman–Crippen LogP) is 4.08. The van der Waals surface area contributed by atoms with Crippen LogP contribution in [0.1, 0.15) is 126 Å². The van der Waals surface area contributed by atoms with Gasteiger partial charge in [0, 0.05) is 39.1 Å². The van der Waals surface area contributed by atoms with E-state index in [2.05, 4.69) is 28.2 Å². The minimum Gasteiger partial charge on any atom is -0.480 e. The smallest absolute Gasteiger partial charge is 0.407 e. The second kappa shape index (κ2) is 25.0. The minimum absolute atomic E-state index is 0.0693. The summed E-state index contributed by atoms with van der Waals surface area (Å²) in [6.45, 7) is 15.2. The van der Waals surface area contributed by atoms with Crippen molar-refractivity contribution in [3.05, 3.63) is 0 Å². The van der Waals surface area contributed by atoms with Gasteiger partial charge in [0.05, 0.1) is 19.8 Å². The maximum Gasteiger partial charge on any atom is 0.407 e. The molecule has 5 amide bonds. The Balaban J connectivity index is 1.96. The van der Waals surface area contributed by atoms with E-state index in [1.54, 1.807) is 7.05 Å². The summed E-state index contributed by atoms with van der Waals surface area (Å²) >= 11 is 0. The molecule has 0 aromatic carbocycles. The van der Waals surface area contributed by atoms with Crippen LogP contribution in [0.5, 0.6) is 0 Å². The second-order valence-corrected chi connectivity index (χ2v) is 17.5. The number of aliphatic carboxylic acids is 1. The van der Waals surface area contributed by atoms with Crippen LogP contribution in [-0.2, 0) is 33.4 Å². The number of ether oxygens (including phenoxy) is 2. The molecule has 0 aliphatic heterocycles. The van der Waals surface area contributed by atoms with Gasteiger partial charge in [-0.2, -0.15) is 0 Å². The molecule has 2 fully saturated rings. The predicted molar refractivity (Wildman–Crippen MR) is 215 cm³/mol. The van der Waals surface area contributed by atoms with Crippen molar-refractivity contribution >= 4 is 35.7 Å². The number of carbonyl (C=O) groups excluding carboxylic acids is 5. The van der Waals surface area contributed by atoms with E-state index < -0.39 is 48.1 Å². The van der Waals surface area contributed by atoms with Gasteiger partial charge in [-0.25, -0.2) is 4.79 Å². The third-order valence-corrected chi connectivity index (χ3v) is 10.2. The summed E-state index contributed by atoms with van der Waals surface area (Å²) in [6, 6.07) is -1.95. The van der Waals surface area contributed by atoms with E-state index in [9.17, 15) is 28.8 Å². The lowest BCUT2D eigenvalue weighted by Gasteiger charge is -2.35. The summed E-state index contributed by atoms with van der Waals surface area (Å²) in [5, 5.41) is 20.4. The van der Waals surface area contributed by atoms with Gasteiger partial charge in [-0.05, 0) is 89.9 Å². The summed E-state index contributed by atoms with van der Waals surface area (Å²) in [4.78, 5) is 80.6. The molecule has 0 aromatic rings. The number of carboxylic acids is 1. The van der Waals surface area contributed by atoms with Gasteiger partial charge in [0.1, 0.15) is 24.2 Å². The average Bonchev–Trinajstić information content (AvgIpc) is 3.94. The fourth-order valence-corrected chi connectivity index (χ4v) is 7.09. The number of likely N-dealkylation sites (N-methyl/N-ethyl adjacent to an activating group) is 1. The molecular weight excluding hydrogens is 720 g/mol. The molecule has 2 aliphatic rings. The molecule has 2 aliphatic carbocycles. The van der Waals surface area contributed by atoms with Gasteiger partial charge in [0.25, 0.3) is 0 Å². The summed E-state index contributed by atoms with van der Waals surface area (Å²) < 4.78 is 11.2. The van der Waals surface area contributed by atoms with Crippen LogP contribution in [0.25, 0.3) is 0 Å². The number of rotatable bonds is 26. The number of hydrogen-bond acceptors (Lipinski definition) is 9. The summed E-state index contributed by atoms with van der Waals surface area (Å²) in [6.07, 6.45) is 9.58. The van der Waals surface area contributed by atoms with Crippen molar-refractivity contribution in [1.29, 1.82) is 0 Å². The molecular formula is C41H74N6O9. The van der Waals surface area contributed by atoms with Crippen LogP contribution in [0.2, 0.25) is 0 Å². The van der Waals surface area contributed by atoms with E-state index in [-0.39, 0.29) is 55.2 Å². The van der Waals surface area contributed by atoms with Crippen molar-refractivity contribution < 1.29 is 43.3 Å². The van der Waals surface area contributed by atoms with E-state index in [1.165, 1.54) is 4.90 Å². The highest BCUT2D eigenvalue weighted by atomic mass is 16.6. The molecule has 15 nitrogen and oxygen atoms in total. The zero-order valence-electron chi connectivity index (χ0n) is 35.6. The molecule has 0 saturated heterocycles. The molecule has 0 spiro atoms. The normalized spacial score (nSPS) is 17.0. The van der Waals surface area contributed by atoms with Crippen LogP contribution in [0.3, 0.4) is 0 Å². The fraction of sp³-hybridized carbons (Fsp3) is 0.854. The highest BCUT2D eigenvalue weighted by Gasteiger charge is 2.36. The van der Waals surface area contributed by atoms with Crippen molar-refractivity contribution in [2.75, 3.05) is 53.0 Å². The minimum atomic E-state index is -1.16. The summed E-state index contributed by atoms with van der Waals surface area (Å²) in [5.74, 6) is -1.96. The third kappa shape index (κ3) is 20.6. The Bertz CT molecular complexity index is 1250. The van der Waals surface area contributed by atoms with Crippen LogP contribution in [-0.4, -0.2) is 127 Å². The Labute approximate surface area is 335 Å². The first kappa shape index (κ1) is 48.7. The van der Waals surface area contributed by atoms with E-state index in [4.69, 9.17) is 14.6 Å². The lowest BCUT2D eigenvalue weighted by Crippen LogP contribution is -2.58. The van der Waals surface area contributed by atoms with Crippen molar-refractivity contribution in [2.45, 2.75) is 149 Å². The number of hydrogen-bond donors (Lipinski definition) is 5. The van der Waals surface area contributed by atoms with Crippen LogP contribution in [0.15, 0.2) is 0 Å². The van der Waals surface area contributed by atoms with E-state index in [0.29, 0.717) is 38.6 Å². The SMILES string of the molecule is CCCCC(CNC(=O)OC(C)(C)C)COCCC(=O)NC(C)CN(CC(=O)N(C)C(CC(C)C)C(=O)NC(C(=O)NCC(=O)O)C1CCCCC1)CC1CC1. The number of nitrogens with zero attached hydrogens (tertiary/aromatic N) is 2. The van der Waals surface area contributed by atoms with Crippen molar-refractivity contribution in [3.8, 4) is 0 Å². The number of carbonyl (C=O) groups is 6. The highest BCUT2D eigenvalue weighted by molar-refractivity contribution is 5.93. The molecule has 322 valence electrons. The third-order valence-electron chi connectivity index (χ3n) is 10.2. The number of alkyl carbamates (subject to hydrolysis) is 1. The molecule has 2 saturated carbocycles. The molecule has 0 heterocycles. The first-order valence-corrected chi connectivity index (χ1v) is 21.0. The van der Waals surface area contributed by atoms with Gasteiger partial charge in [-0.15, -0.1) is 0 Å². The first-order chi connectivity index (χ1) is 26.4. The van der Waals surface area contributed by atoms with Crippen LogP contribution >= 0.6 is 0 Å². The van der Waals surface area contributed by atoms with Crippen LogP contribution < -0.4 is 21.3 Å². The van der Waals surface area contributed by atoms with Crippen LogP contribution in [0.4, 0.5) is 4.79 Å². The van der Waals surface area contributed by atoms with Gasteiger partial charge >= 0.3 is 12.1 Å². The topological polar surface area (TPSA) is 196 Å². The second-order valence-electron chi connectivity index (χ2n) is 17.5. The van der Waals surface area contributed by atoms with E-state index >= 15 is 0 Å². The van der Waals surface area contributed by atoms with Gasteiger partial charge in [0.15, 0.2) is 0 Å². The van der Waals surface area contributed by atoms with Gasteiger partial charge in [-0.3, -0.25) is 28.9 Å². The van der Waals surface area contributed by atoms with Crippen molar-refractivity contribution in [2.24, 2.45) is 23.7 Å². The molecule has 4 unspecified atom stereocenters. The van der Waals surface area contributed by atoms with Crippen molar-refractivity contribution in [1.82, 2.24) is 31.1 Å². The number of unbranched alkanes of at least 4 members (excludes halogenated alkanes) is 1. The lowest BCUT2D eigenvalue weighted by atomic mass is 9.83. The molecule has 2 rings (SSSR count). The highest BCUT2D eigenvalue weighted by Crippen LogP contribution is 2.30. The largest absolute Gasteiger partial charge is 0.480 e. The Morgan fingerprint density at radius 3 is 2.18 bits per heavy atom. The van der Waals surface area contributed by atoms with Crippen LogP contribution in [0, 0.1) is 23.7 Å². The molecule has 56 heavy (non-hydrogen) atoms. The monoisotopic (exact) mass is 795 g/mol. The lowest BCUT2D eigenvalue weighted by molar-refractivity contribution is -0.142. The quantitative estimate of drug-likeness (QED) is 0.0797. The number of carboxylic acid groups (broad SMARTS) is 1. The summed E-state index contributed by atoms with van der Waals surface area (Å²) in [5.41, 5.74) is -0.577. The zero-order valence-corrected chi connectivity index (χ0v) is 35.6. The van der Waals surface area contributed by atoms with Crippen molar-refractivity contribution in [3.63, 3.8) is 0 Å². The maximum absolute atomic E-state index is 13.9. The number of nitrogens with one attached hydrogen (secondary N) is 4. The Morgan fingerprint density at radius 2 is 1.59 bits per heavy atom. The maximum atomic E-state index is 13.9. The molecule has 0 bridgehead atoms. The first-order valence-electron chi connectivity index (χ1n) is 21.0. The zero-order chi connectivity index (χ0) is 41.8. The van der Waals surface area contributed by atoms with E-state index in [0.717, 1.165) is 64.2 Å². The molecule has 5 N–H and O–H groups in total. The summed E-state index contributed by atoms with van der Waals surface area (Å²) in [7, 11) is 1.62. The van der Waals surface area contributed by atoms with Gasteiger partial charge < -0.3 is 40.7 Å². The molecule has 15 heteroatoms. The Hall–Kier alpha value is -3.46. The Kier molecular flexibility index (Phi) is 21.8. The Morgan fingerprint density at radius 1 is 0.911 bits per heavy atom. The fourth-order valence-electron chi connectivity index (χ4n) is 7.09. The standard InChI is InChI=1S/C41H74N6O9/c1-9-10-14-31(22-43-40(54)56-41(5,6)7)27-55-20-19-34(48)44-29(4)24-47(25-30-17-18-30)26-35(49)46(8)33(21-28(2)3)38(52)45-37(32-15-12-11-13-16-32)39(53)42-23-36(50)51/h28-33,37H,9-27H2,1-8H3,(H,42,53)(H,43,54)(H,44,48)(H,45,52)(H,50,51). The van der Waals surface area contributed by atoms with Gasteiger partial charge in [0.2, 0.25) is 23.6 Å². The molecule has 0 aromatic heterocycles.